The van der Waals surface area contributed by atoms with Gasteiger partial charge in [0.2, 0.25) is 0 Å². The molecule has 1 aliphatic rings. The number of ether oxygens (including phenoxy) is 1. The van der Waals surface area contributed by atoms with Crippen molar-refractivity contribution >= 4 is 29.3 Å². The number of pyridine rings is 1. The molecule has 148 valence electrons. The molecule has 1 atom stereocenters. The molecule has 0 radical (unpaired) electrons. The number of methoxy groups -OCH3 is 1. The second kappa shape index (κ2) is 7.92. The van der Waals surface area contributed by atoms with E-state index in [-0.39, 0.29) is 22.7 Å². The zero-order valence-electron chi connectivity index (χ0n) is 15.6. The molecule has 2 N–H and O–H groups in total. The Balaban J connectivity index is 1.63. The maximum atomic E-state index is 13.1. The minimum atomic E-state index is -0.571. The van der Waals surface area contributed by atoms with Crippen LogP contribution in [0.25, 0.3) is 0 Å². The van der Waals surface area contributed by atoms with E-state index in [1.54, 1.807) is 35.8 Å². The summed E-state index contributed by atoms with van der Waals surface area (Å²) in [7, 11) is 1.28. The van der Waals surface area contributed by atoms with E-state index in [4.69, 9.17) is 16.3 Å². The molecule has 0 aliphatic carbocycles. The van der Waals surface area contributed by atoms with Gasteiger partial charge in [-0.2, -0.15) is 0 Å². The summed E-state index contributed by atoms with van der Waals surface area (Å²) in [6.07, 6.45) is 5.71. The first-order chi connectivity index (χ1) is 14.1. The lowest BCUT2D eigenvalue weighted by molar-refractivity contribution is 0.0601. The van der Waals surface area contributed by atoms with Gasteiger partial charge in [-0.3, -0.25) is 4.98 Å². The van der Waals surface area contributed by atoms with E-state index in [1.807, 2.05) is 12.1 Å². The Bertz CT molecular complexity index is 1050. The minimum absolute atomic E-state index is 0.184. The standard InChI is InChI=1S/C20H18ClN5O3/c1-29-19(27)14-9-13(4-5-15(14)21)25-20(28)26-8-6-16-17(24-11-23-16)18(26)12-3-2-7-22-10-12/h2-5,7,9-11,18H,6,8H2,1H3,(H,23,24)(H,25,28)/t18-/m1/s1. The summed E-state index contributed by atoms with van der Waals surface area (Å²) in [6.45, 7) is 0.498. The third-order valence-electron chi connectivity index (χ3n) is 4.81. The largest absolute Gasteiger partial charge is 0.465 e. The van der Waals surface area contributed by atoms with E-state index in [2.05, 4.69) is 20.3 Å². The summed E-state index contributed by atoms with van der Waals surface area (Å²) in [5, 5.41) is 3.10. The lowest BCUT2D eigenvalue weighted by Gasteiger charge is -2.35. The fourth-order valence-electron chi connectivity index (χ4n) is 3.44. The van der Waals surface area contributed by atoms with Crippen molar-refractivity contribution in [3.63, 3.8) is 0 Å². The summed E-state index contributed by atoms with van der Waals surface area (Å²) >= 11 is 6.06. The van der Waals surface area contributed by atoms with Crippen LogP contribution in [-0.2, 0) is 11.2 Å². The maximum Gasteiger partial charge on any atom is 0.339 e. The molecule has 0 saturated heterocycles. The van der Waals surface area contributed by atoms with Crippen LogP contribution in [0.15, 0.2) is 49.1 Å². The number of urea groups is 1. The molecule has 1 aliphatic heterocycles. The van der Waals surface area contributed by atoms with E-state index >= 15 is 0 Å². The summed E-state index contributed by atoms with van der Waals surface area (Å²) in [4.78, 5) is 38.5. The first-order valence-corrected chi connectivity index (χ1v) is 9.34. The highest BCUT2D eigenvalue weighted by molar-refractivity contribution is 6.33. The SMILES string of the molecule is COC(=O)c1cc(NC(=O)N2CCc3[nH]cnc3[C@H]2c2cccnc2)ccc1Cl. The number of fused-ring (bicyclic) bond motifs is 1. The van der Waals surface area contributed by atoms with Crippen LogP contribution in [0, 0.1) is 0 Å². The molecule has 2 amide bonds. The van der Waals surface area contributed by atoms with Crippen LogP contribution in [0.5, 0.6) is 0 Å². The molecule has 0 unspecified atom stereocenters. The number of aromatic nitrogens is 3. The van der Waals surface area contributed by atoms with Crippen molar-refractivity contribution in [3.05, 3.63) is 76.6 Å². The van der Waals surface area contributed by atoms with E-state index < -0.39 is 5.97 Å². The summed E-state index contributed by atoms with van der Waals surface area (Å²) < 4.78 is 4.73. The van der Waals surface area contributed by atoms with Crippen LogP contribution in [0.4, 0.5) is 10.5 Å². The number of hydrogen-bond donors (Lipinski definition) is 2. The summed E-state index contributed by atoms with van der Waals surface area (Å²) in [6, 6.07) is 7.74. The number of halogens is 1. The van der Waals surface area contributed by atoms with Gasteiger partial charge < -0.3 is 19.9 Å². The topological polar surface area (TPSA) is 100 Å². The number of esters is 1. The first kappa shape index (κ1) is 18.9. The fraction of sp³-hybridized carbons (Fsp3) is 0.200. The number of anilines is 1. The molecule has 0 bridgehead atoms. The number of imidazole rings is 1. The van der Waals surface area contributed by atoms with Crippen LogP contribution < -0.4 is 5.32 Å². The van der Waals surface area contributed by atoms with Crippen molar-refractivity contribution in [2.75, 3.05) is 19.0 Å². The molecule has 29 heavy (non-hydrogen) atoms. The number of carbonyl (C=O) groups excluding carboxylic acids is 2. The first-order valence-electron chi connectivity index (χ1n) is 8.96. The predicted molar refractivity (Wildman–Crippen MR) is 107 cm³/mol. The predicted octanol–water partition coefficient (Wildman–Crippen LogP) is 3.42. The second-order valence-corrected chi connectivity index (χ2v) is 6.92. The third-order valence-corrected chi connectivity index (χ3v) is 5.14. The van der Waals surface area contributed by atoms with Gasteiger partial charge in [0, 0.05) is 36.7 Å². The number of nitrogens with one attached hydrogen (secondary N) is 2. The summed E-state index contributed by atoms with van der Waals surface area (Å²) in [5.41, 5.74) is 3.29. The van der Waals surface area contributed by atoms with Crippen molar-refractivity contribution < 1.29 is 14.3 Å². The van der Waals surface area contributed by atoms with Crippen molar-refractivity contribution in [2.45, 2.75) is 12.5 Å². The zero-order valence-corrected chi connectivity index (χ0v) is 16.3. The third kappa shape index (κ3) is 3.66. The van der Waals surface area contributed by atoms with Gasteiger partial charge >= 0.3 is 12.0 Å². The Kier molecular flexibility index (Phi) is 5.18. The van der Waals surface area contributed by atoms with Crippen LogP contribution >= 0.6 is 11.6 Å². The maximum absolute atomic E-state index is 13.1. The number of H-pyrrole nitrogens is 1. The van der Waals surface area contributed by atoms with Crippen LogP contribution in [0.2, 0.25) is 5.02 Å². The molecular formula is C20H18ClN5O3. The van der Waals surface area contributed by atoms with Gasteiger partial charge in [-0.25, -0.2) is 14.6 Å². The normalized spacial score (nSPS) is 15.5. The molecule has 0 spiro atoms. The monoisotopic (exact) mass is 411 g/mol. The number of nitrogens with zero attached hydrogens (tertiary/aromatic N) is 3. The van der Waals surface area contributed by atoms with E-state index in [9.17, 15) is 9.59 Å². The molecule has 9 heteroatoms. The van der Waals surface area contributed by atoms with Crippen molar-refractivity contribution in [2.24, 2.45) is 0 Å². The highest BCUT2D eigenvalue weighted by Gasteiger charge is 2.34. The number of carbonyl (C=O) groups is 2. The molecule has 4 rings (SSSR count). The highest BCUT2D eigenvalue weighted by atomic mass is 35.5. The molecule has 8 nitrogen and oxygen atoms in total. The molecular weight excluding hydrogens is 394 g/mol. The van der Waals surface area contributed by atoms with Gasteiger partial charge in [-0.15, -0.1) is 0 Å². The average molecular weight is 412 g/mol. The lowest BCUT2D eigenvalue weighted by atomic mass is 9.97. The minimum Gasteiger partial charge on any atom is -0.465 e. The number of benzene rings is 1. The molecule has 0 fully saturated rings. The fourth-order valence-corrected chi connectivity index (χ4v) is 3.63. The lowest BCUT2D eigenvalue weighted by Crippen LogP contribution is -2.43. The van der Waals surface area contributed by atoms with Crippen molar-refractivity contribution in [1.29, 1.82) is 0 Å². The van der Waals surface area contributed by atoms with Gasteiger partial charge in [-0.05, 0) is 29.8 Å². The van der Waals surface area contributed by atoms with Crippen LogP contribution in [0.3, 0.4) is 0 Å². The van der Waals surface area contributed by atoms with Gasteiger partial charge in [0.15, 0.2) is 0 Å². The summed E-state index contributed by atoms with van der Waals surface area (Å²) in [5.74, 6) is -0.571. The van der Waals surface area contributed by atoms with Gasteiger partial charge in [0.1, 0.15) is 6.04 Å². The molecule has 1 aromatic carbocycles. The number of rotatable bonds is 3. The Morgan fingerprint density at radius 2 is 2.21 bits per heavy atom. The van der Waals surface area contributed by atoms with Crippen molar-refractivity contribution in [1.82, 2.24) is 19.9 Å². The van der Waals surface area contributed by atoms with E-state index in [1.165, 1.54) is 13.2 Å². The van der Waals surface area contributed by atoms with Crippen LogP contribution in [-0.4, -0.2) is 45.5 Å². The highest BCUT2D eigenvalue weighted by Crippen LogP contribution is 2.33. The number of aromatic amines is 1. The van der Waals surface area contributed by atoms with Gasteiger partial charge in [0.25, 0.3) is 0 Å². The quantitative estimate of drug-likeness (QED) is 0.643. The Morgan fingerprint density at radius 1 is 1.34 bits per heavy atom. The second-order valence-electron chi connectivity index (χ2n) is 6.51. The molecule has 3 aromatic rings. The Labute approximate surface area is 171 Å². The van der Waals surface area contributed by atoms with Crippen molar-refractivity contribution in [3.8, 4) is 0 Å². The molecule has 2 aromatic heterocycles. The van der Waals surface area contributed by atoms with Gasteiger partial charge in [0.05, 0.1) is 29.7 Å². The number of hydrogen-bond acceptors (Lipinski definition) is 5. The average Bonchev–Trinajstić information content (AvgIpc) is 3.23. The molecule has 0 saturated carbocycles. The smallest absolute Gasteiger partial charge is 0.339 e. The molecule has 3 heterocycles. The van der Waals surface area contributed by atoms with E-state index in [0.29, 0.717) is 18.7 Å². The van der Waals surface area contributed by atoms with E-state index in [0.717, 1.165) is 17.0 Å². The number of amides is 2. The zero-order chi connectivity index (χ0) is 20.4. The van der Waals surface area contributed by atoms with Gasteiger partial charge in [-0.1, -0.05) is 17.7 Å². The van der Waals surface area contributed by atoms with Crippen LogP contribution in [0.1, 0.15) is 33.4 Å². The Morgan fingerprint density at radius 3 is 2.97 bits per heavy atom. The Hall–Kier alpha value is -3.39.